The van der Waals surface area contributed by atoms with Crippen LogP contribution < -0.4 is 0 Å². The number of fused-ring (bicyclic) bond motifs is 1. The third kappa shape index (κ3) is 1.50. The van der Waals surface area contributed by atoms with Gasteiger partial charge in [0.05, 0.1) is 13.0 Å². The van der Waals surface area contributed by atoms with Gasteiger partial charge < -0.3 is 4.74 Å². The summed E-state index contributed by atoms with van der Waals surface area (Å²) in [5.41, 5.74) is 1.37. The van der Waals surface area contributed by atoms with Crippen molar-refractivity contribution < 1.29 is 9.53 Å². The number of hydrogen-bond donors (Lipinski definition) is 0. The maximum atomic E-state index is 11.3. The first-order valence-electron chi connectivity index (χ1n) is 4.95. The highest BCUT2D eigenvalue weighted by molar-refractivity contribution is 5.72. The average Bonchev–Trinajstić information content (AvgIpc) is 2.59. The van der Waals surface area contributed by atoms with E-state index >= 15 is 0 Å². The van der Waals surface area contributed by atoms with Crippen molar-refractivity contribution in [3.63, 3.8) is 0 Å². The summed E-state index contributed by atoms with van der Waals surface area (Å²) in [5.74, 6) is 1.60. The first-order valence-corrected chi connectivity index (χ1v) is 4.95. The van der Waals surface area contributed by atoms with Crippen molar-refractivity contribution in [2.45, 2.75) is 25.7 Å². The second-order valence-corrected chi connectivity index (χ2v) is 4.37. The van der Waals surface area contributed by atoms with Crippen LogP contribution in [0.1, 0.15) is 25.7 Å². The average molecular weight is 180 g/mol. The van der Waals surface area contributed by atoms with Crippen molar-refractivity contribution >= 4 is 5.97 Å². The Morgan fingerprint density at radius 1 is 1.38 bits per heavy atom. The molecule has 0 amide bonds. The van der Waals surface area contributed by atoms with Gasteiger partial charge in [0.15, 0.2) is 0 Å². The van der Waals surface area contributed by atoms with E-state index in [9.17, 15) is 4.79 Å². The molecule has 0 heterocycles. The molecule has 2 rings (SSSR count). The lowest BCUT2D eigenvalue weighted by molar-refractivity contribution is -0.145. The van der Waals surface area contributed by atoms with E-state index in [-0.39, 0.29) is 11.9 Å². The predicted molar refractivity (Wildman–Crippen MR) is 50.1 cm³/mol. The van der Waals surface area contributed by atoms with E-state index in [1.165, 1.54) is 12.7 Å². The van der Waals surface area contributed by atoms with Crippen LogP contribution in [0.3, 0.4) is 0 Å². The number of rotatable bonds is 1. The van der Waals surface area contributed by atoms with Crippen LogP contribution in [0, 0.1) is 17.8 Å². The molecule has 0 aliphatic heterocycles. The maximum absolute atomic E-state index is 11.3. The van der Waals surface area contributed by atoms with E-state index in [2.05, 4.69) is 6.58 Å². The monoisotopic (exact) mass is 180 g/mol. The lowest BCUT2D eigenvalue weighted by Crippen LogP contribution is -2.13. The summed E-state index contributed by atoms with van der Waals surface area (Å²) in [6.45, 7) is 4.01. The van der Waals surface area contributed by atoms with Crippen LogP contribution in [0.2, 0.25) is 0 Å². The third-order valence-electron chi connectivity index (χ3n) is 3.48. The van der Waals surface area contributed by atoms with Crippen molar-refractivity contribution in [2.24, 2.45) is 17.8 Å². The van der Waals surface area contributed by atoms with Crippen LogP contribution in [-0.2, 0) is 9.53 Å². The highest BCUT2D eigenvalue weighted by Crippen LogP contribution is 2.48. The van der Waals surface area contributed by atoms with E-state index in [1.807, 2.05) is 0 Å². The summed E-state index contributed by atoms with van der Waals surface area (Å²) in [5, 5.41) is 0. The first-order chi connectivity index (χ1) is 6.20. The summed E-state index contributed by atoms with van der Waals surface area (Å²) in [7, 11) is 1.48. The summed E-state index contributed by atoms with van der Waals surface area (Å²) in [4.78, 5) is 11.3. The van der Waals surface area contributed by atoms with E-state index in [0.717, 1.165) is 37.5 Å². The fourth-order valence-corrected chi connectivity index (χ4v) is 2.90. The van der Waals surface area contributed by atoms with Crippen LogP contribution in [0.4, 0.5) is 0 Å². The molecule has 2 saturated carbocycles. The Labute approximate surface area is 79.0 Å². The molecule has 2 heteroatoms. The largest absolute Gasteiger partial charge is 0.469 e. The molecule has 0 aromatic rings. The van der Waals surface area contributed by atoms with Gasteiger partial charge in [0, 0.05) is 0 Å². The predicted octanol–water partition coefficient (Wildman–Crippen LogP) is 2.15. The molecule has 2 nitrogen and oxygen atoms in total. The number of allylic oxidation sites excluding steroid dienone is 1. The molecule has 0 N–H and O–H groups in total. The smallest absolute Gasteiger partial charge is 0.308 e. The van der Waals surface area contributed by atoms with Gasteiger partial charge in [0.25, 0.3) is 0 Å². The number of hydrogen-bond acceptors (Lipinski definition) is 2. The minimum Gasteiger partial charge on any atom is -0.469 e. The molecular weight excluding hydrogens is 164 g/mol. The summed E-state index contributed by atoms with van der Waals surface area (Å²) in [6, 6.07) is 0. The highest BCUT2D eigenvalue weighted by Gasteiger charge is 2.41. The minimum absolute atomic E-state index is 0.0139. The number of methoxy groups -OCH3 is 1. The van der Waals surface area contributed by atoms with Crippen LogP contribution in [0.25, 0.3) is 0 Å². The fraction of sp³-hybridized carbons (Fsp3) is 0.727. The first kappa shape index (κ1) is 8.79. The number of esters is 1. The van der Waals surface area contributed by atoms with Gasteiger partial charge in [-0.2, -0.15) is 0 Å². The molecule has 0 saturated heterocycles. The van der Waals surface area contributed by atoms with Gasteiger partial charge in [-0.05, 0) is 37.5 Å². The van der Waals surface area contributed by atoms with E-state index in [4.69, 9.17) is 4.74 Å². The Kier molecular flexibility index (Phi) is 2.14. The molecular formula is C11H16O2. The van der Waals surface area contributed by atoms with Crippen molar-refractivity contribution in [1.29, 1.82) is 0 Å². The summed E-state index contributed by atoms with van der Waals surface area (Å²) >= 11 is 0. The molecule has 0 aromatic heterocycles. The second kappa shape index (κ2) is 3.17. The van der Waals surface area contributed by atoms with E-state index < -0.39 is 0 Å². The van der Waals surface area contributed by atoms with Crippen molar-refractivity contribution in [2.75, 3.05) is 7.11 Å². The molecule has 2 aliphatic rings. The van der Waals surface area contributed by atoms with Crippen LogP contribution in [0.15, 0.2) is 12.2 Å². The van der Waals surface area contributed by atoms with E-state index in [1.54, 1.807) is 0 Å². The van der Waals surface area contributed by atoms with Gasteiger partial charge >= 0.3 is 5.97 Å². The standard InChI is InChI=1S/C11H16O2/c1-7-3-8-5-10(11(12)13-2)6-9(8)4-7/h8-10H,1,3-6H2,2H3. The van der Waals surface area contributed by atoms with Gasteiger partial charge in [-0.1, -0.05) is 12.2 Å². The van der Waals surface area contributed by atoms with Crippen LogP contribution in [0.5, 0.6) is 0 Å². The molecule has 2 atom stereocenters. The van der Waals surface area contributed by atoms with Crippen LogP contribution >= 0.6 is 0 Å². The minimum atomic E-state index is -0.0139. The summed E-state index contributed by atoms with van der Waals surface area (Å²) in [6.07, 6.45) is 4.32. The maximum Gasteiger partial charge on any atom is 0.308 e. The van der Waals surface area contributed by atoms with Crippen molar-refractivity contribution in [3.05, 3.63) is 12.2 Å². The normalized spacial score (nSPS) is 37.6. The van der Waals surface area contributed by atoms with Crippen molar-refractivity contribution in [3.8, 4) is 0 Å². The Morgan fingerprint density at radius 2 is 1.92 bits per heavy atom. The summed E-state index contributed by atoms with van der Waals surface area (Å²) < 4.78 is 4.76. The molecule has 0 aromatic carbocycles. The number of carbonyl (C=O) groups is 1. The lowest BCUT2D eigenvalue weighted by Gasteiger charge is -2.07. The van der Waals surface area contributed by atoms with Gasteiger partial charge in [-0.15, -0.1) is 0 Å². The number of ether oxygens (including phenoxy) is 1. The SMILES string of the molecule is C=C1CC2CC(C(=O)OC)CC2C1. The van der Waals surface area contributed by atoms with E-state index in [0.29, 0.717) is 0 Å². The zero-order valence-corrected chi connectivity index (χ0v) is 8.08. The third-order valence-corrected chi connectivity index (χ3v) is 3.48. The van der Waals surface area contributed by atoms with Gasteiger partial charge in [0.1, 0.15) is 0 Å². The molecule has 13 heavy (non-hydrogen) atoms. The molecule has 2 fully saturated rings. The lowest BCUT2D eigenvalue weighted by atomic mass is 10.0. The molecule has 0 radical (unpaired) electrons. The van der Waals surface area contributed by atoms with Gasteiger partial charge in [-0.25, -0.2) is 0 Å². The quantitative estimate of drug-likeness (QED) is 0.456. The van der Waals surface area contributed by atoms with Gasteiger partial charge in [0.2, 0.25) is 0 Å². The Balaban J connectivity index is 1.97. The molecule has 72 valence electrons. The Hall–Kier alpha value is -0.790. The fourth-order valence-electron chi connectivity index (χ4n) is 2.90. The Morgan fingerprint density at radius 3 is 2.38 bits per heavy atom. The van der Waals surface area contributed by atoms with Crippen LogP contribution in [-0.4, -0.2) is 13.1 Å². The molecule has 2 unspecified atom stereocenters. The topological polar surface area (TPSA) is 26.3 Å². The zero-order chi connectivity index (χ0) is 9.42. The second-order valence-electron chi connectivity index (χ2n) is 4.37. The molecule has 0 bridgehead atoms. The molecule has 0 spiro atoms. The Bertz CT molecular complexity index is 228. The number of carbonyl (C=O) groups excluding carboxylic acids is 1. The molecule has 2 aliphatic carbocycles. The zero-order valence-electron chi connectivity index (χ0n) is 8.08. The van der Waals surface area contributed by atoms with Crippen molar-refractivity contribution in [1.82, 2.24) is 0 Å². The van der Waals surface area contributed by atoms with Gasteiger partial charge in [-0.3, -0.25) is 4.79 Å². The highest BCUT2D eigenvalue weighted by atomic mass is 16.5.